The van der Waals surface area contributed by atoms with Crippen LogP contribution in [-0.4, -0.2) is 42.2 Å². The first kappa shape index (κ1) is 11.5. The van der Waals surface area contributed by atoms with E-state index in [1.165, 1.54) is 13.0 Å². The topological polar surface area (TPSA) is 54.2 Å². The van der Waals surface area contributed by atoms with Crippen LogP contribution in [0.5, 0.6) is 0 Å². The molecule has 1 aromatic heterocycles. The van der Waals surface area contributed by atoms with Crippen LogP contribution in [0.1, 0.15) is 31.1 Å². The molecule has 16 heavy (non-hydrogen) atoms. The van der Waals surface area contributed by atoms with E-state index in [4.69, 9.17) is 4.52 Å². The van der Waals surface area contributed by atoms with Crippen molar-refractivity contribution in [2.75, 3.05) is 27.2 Å². The Balaban J connectivity index is 1.92. The van der Waals surface area contributed by atoms with Crippen molar-refractivity contribution in [3.8, 4) is 0 Å². The van der Waals surface area contributed by atoms with Crippen LogP contribution in [0.25, 0.3) is 0 Å². The molecule has 1 fully saturated rings. The lowest BCUT2D eigenvalue weighted by Gasteiger charge is -2.07. The second-order valence-corrected chi connectivity index (χ2v) is 4.68. The van der Waals surface area contributed by atoms with Crippen LogP contribution < -0.4 is 5.32 Å². The molecule has 1 saturated heterocycles. The standard InChI is InChI=1S/C11H20N4O/c1-8(12-2)11-13-10(16-14-11)6-9-4-5-15(3)7-9/h8-9,12H,4-7H2,1-3H3. The van der Waals surface area contributed by atoms with Gasteiger partial charge in [0, 0.05) is 13.0 Å². The normalized spacial score (nSPS) is 23.8. The summed E-state index contributed by atoms with van der Waals surface area (Å²) >= 11 is 0. The summed E-state index contributed by atoms with van der Waals surface area (Å²) in [5.41, 5.74) is 0. The molecule has 1 aliphatic heterocycles. The van der Waals surface area contributed by atoms with Gasteiger partial charge in [-0.1, -0.05) is 5.16 Å². The summed E-state index contributed by atoms with van der Waals surface area (Å²) in [4.78, 5) is 6.76. The van der Waals surface area contributed by atoms with Crippen molar-refractivity contribution in [2.24, 2.45) is 5.92 Å². The van der Waals surface area contributed by atoms with Gasteiger partial charge in [0.1, 0.15) is 0 Å². The summed E-state index contributed by atoms with van der Waals surface area (Å²) in [7, 11) is 4.05. The summed E-state index contributed by atoms with van der Waals surface area (Å²) in [6.45, 7) is 4.34. The summed E-state index contributed by atoms with van der Waals surface area (Å²) in [6.07, 6.45) is 2.14. The van der Waals surface area contributed by atoms with Gasteiger partial charge in [-0.3, -0.25) is 0 Å². The van der Waals surface area contributed by atoms with Gasteiger partial charge in [0.05, 0.1) is 6.04 Å². The van der Waals surface area contributed by atoms with Crippen LogP contribution in [0.3, 0.4) is 0 Å². The zero-order valence-corrected chi connectivity index (χ0v) is 10.2. The van der Waals surface area contributed by atoms with Crippen molar-refractivity contribution < 1.29 is 4.52 Å². The van der Waals surface area contributed by atoms with E-state index in [0.717, 1.165) is 24.7 Å². The molecule has 0 aromatic carbocycles. The average molecular weight is 224 g/mol. The minimum absolute atomic E-state index is 0.156. The third kappa shape index (κ3) is 2.59. The Morgan fingerprint density at radius 1 is 1.62 bits per heavy atom. The Hall–Kier alpha value is -0.940. The SMILES string of the molecule is CNC(C)c1noc(CC2CCN(C)C2)n1. The maximum absolute atomic E-state index is 5.27. The van der Waals surface area contributed by atoms with E-state index in [9.17, 15) is 0 Å². The quantitative estimate of drug-likeness (QED) is 0.821. The average Bonchev–Trinajstić information content (AvgIpc) is 2.87. The van der Waals surface area contributed by atoms with Crippen molar-refractivity contribution >= 4 is 0 Å². The zero-order chi connectivity index (χ0) is 11.5. The summed E-state index contributed by atoms with van der Waals surface area (Å²) < 4.78 is 5.27. The molecule has 0 bridgehead atoms. The molecule has 2 heterocycles. The summed E-state index contributed by atoms with van der Waals surface area (Å²) in [5, 5.41) is 7.09. The molecule has 0 spiro atoms. The minimum Gasteiger partial charge on any atom is -0.339 e. The molecule has 90 valence electrons. The van der Waals surface area contributed by atoms with Crippen LogP contribution in [-0.2, 0) is 6.42 Å². The highest BCUT2D eigenvalue weighted by atomic mass is 16.5. The fraction of sp³-hybridized carbons (Fsp3) is 0.818. The molecule has 0 amide bonds. The number of nitrogens with zero attached hydrogens (tertiary/aromatic N) is 3. The number of nitrogens with one attached hydrogen (secondary N) is 1. The Bertz CT molecular complexity index is 338. The van der Waals surface area contributed by atoms with Gasteiger partial charge < -0.3 is 14.7 Å². The summed E-state index contributed by atoms with van der Waals surface area (Å²) in [6, 6.07) is 0.156. The predicted octanol–water partition coefficient (Wildman–Crippen LogP) is 0.844. The largest absolute Gasteiger partial charge is 0.339 e. The zero-order valence-electron chi connectivity index (χ0n) is 10.2. The van der Waals surface area contributed by atoms with Gasteiger partial charge in [-0.15, -0.1) is 0 Å². The lowest BCUT2D eigenvalue weighted by molar-refractivity contribution is 0.339. The molecular weight excluding hydrogens is 204 g/mol. The van der Waals surface area contributed by atoms with E-state index >= 15 is 0 Å². The lowest BCUT2D eigenvalue weighted by Crippen LogP contribution is -2.15. The number of hydrogen-bond acceptors (Lipinski definition) is 5. The smallest absolute Gasteiger partial charge is 0.227 e. The third-order valence-corrected chi connectivity index (χ3v) is 3.26. The van der Waals surface area contributed by atoms with Crippen molar-refractivity contribution in [1.82, 2.24) is 20.4 Å². The number of hydrogen-bond donors (Lipinski definition) is 1. The van der Waals surface area contributed by atoms with Crippen LogP contribution in [0.4, 0.5) is 0 Å². The van der Waals surface area contributed by atoms with Crippen LogP contribution in [0.2, 0.25) is 0 Å². The van der Waals surface area contributed by atoms with Gasteiger partial charge in [0.2, 0.25) is 5.89 Å². The molecule has 5 nitrogen and oxygen atoms in total. The highest BCUT2D eigenvalue weighted by Gasteiger charge is 2.22. The molecule has 0 saturated carbocycles. The van der Waals surface area contributed by atoms with Crippen molar-refractivity contribution in [1.29, 1.82) is 0 Å². The number of aromatic nitrogens is 2. The molecule has 1 N–H and O–H groups in total. The molecule has 0 radical (unpaired) electrons. The van der Waals surface area contributed by atoms with Crippen molar-refractivity contribution in [3.05, 3.63) is 11.7 Å². The first-order valence-corrected chi connectivity index (χ1v) is 5.87. The van der Waals surface area contributed by atoms with Crippen LogP contribution in [0.15, 0.2) is 4.52 Å². The maximum atomic E-state index is 5.27. The highest BCUT2D eigenvalue weighted by Crippen LogP contribution is 2.19. The number of rotatable bonds is 4. The summed E-state index contributed by atoms with van der Waals surface area (Å²) in [5.74, 6) is 2.20. The second-order valence-electron chi connectivity index (χ2n) is 4.68. The van der Waals surface area contributed by atoms with Crippen LogP contribution >= 0.6 is 0 Å². The molecule has 2 atom stereocenters. The first-order chi connectivity index (χ1) is 7.69. The van der Waals surface area contributed by atoms with Gasteiger partial charge in [-0.2, -0.15) is 4.98 Å². The monoisotopic (exact) mass is 224 g/mol. The molecule has 1 aromatic rings. The van der Waals surface area contributed by atoms with E-state index in [1.807, 2.05) is 14.0 Å². The molecular formula is C11H20N4O. The third-order valence-electron chi connectivity index (χ3n) is 3.26. The van der Waals surface area contributed by atoms with Crippen molar-refractivity contribution in [2.45, 2.75) is 25.8 Å². The van der Waals surface area contributed by atoms with Gasteiger partial charge in [-0.05, 0) is 39.9 Å². The maximum Gasteiger partial charge on any atom is 0.227 e. The van der Waals surface area contributed by atoms with E-state index in [2.05, 4.69) is 27.4 Å². The fourth-order valence-corrected chi connectivity index (χ4v) is 2.10. The van der Waals surface area contributed by atoms with Gasteiger partial charge in [-0.25, -0.2) is 0 Å². The van der Waals surface area contributed by atoms with E-state index in [0.29, 0.717) is 5.92 Å². The highest BCUT2D eigenvalue weighted by molar-refractivity contribution is 4.93. The van der Waals surface area contributed by atoms with Crippen LogP contribution in [0, 0.1) is 5.92 Å². The Kier molecular flexibility index (Phi) is 3.56. The van der Waals surface area contributed by atoms with Gasteiger partial charge >= 0.3 is 0 Å². The van der Waals surface area contributed by atoms with E-state index in [1.54, 1.807) is 0 Å². The fourth-order valence-electron chi connectivity index (χ4n) is 2.10. The Morgan fingerprint density at radius 3 is 3.06 bits per heavy atom. The molecule has 2 unspecified atom stereocenters. The van der Waals surface area contributed by atoms with Crippen molar-refractivity contribution in [3.63, 3.8) is 0 Å². The van der Waals surface area contributed by atoms with E-state index < -0.39 is 0 Å². The Morgan fingerprint density at radius 2 is 2.44 bits per heavy atom. The Labute approximate surface area is 96.2 Å². The first-order valence-electron chi connectivity index (χ1n) is 5.87. The minimum atomic E-state index is 0.156. The molecule has 0 aliphatic carbocycles. The second kappa shape index (κ2) is 4.93. The van der Waals surface area contributed by atoms with E-state index in [-0.39, 0.29) is 6.04 Å². The molecule has 2 rings (SSSR count). The van der Waals surface area contributed by atoms with Gasteiger partial charge in [0.15, 0.2) is 5.82 Å². The van der Waals surface area contributed by atoms with Gasteiger partial charge in [0.25, 0.3) is 0 Å². The molecule has 5 heteroatoms. The molecule has 1 aliphatic rings. The number of likely N-dealkylation sites (tertiary alicyclic amines) is 1. The predicted molar refractivity (Wildman–Crippen MR) is 61.1 cm³/mol. The lowest BCUT2D eigenvalue weighted by atomic mass is 10.1.